The van der Waals surface area contributed by atoms with Gasteiger partial charge in [-0.2, -0.15) is 0 Å². The Morgan fingerprint density at radius 3 is 2.71 bits per heavy atom. The second kappa shape index (κ2) is 9.23. The van der Waals surface area contributed by atoms with Crippen LogP contribution in [0, 0.1) is 13.8 Å². The van der Waals surface area contributed by atoms with Gasteiger partial charge in [0.2, 0.25) is 0 Å². The maximum Gasteiger partial charge on any atom is 0.254 e. The summed E-state index contributed by atoms with van der Waals surface area (Å²) in [5.74, 6) is 0.177. The summed E-state index contributed by atoms with van der Waals surface area (Å²) in [6.45, 7) is 7.96. The Morgan fingerprint density at radius 2 is 1.96 bits per heavy atom. The van der Waals surface area contributed by atoms with E-state index in [9.17, 15) is 4.79 Å². The number of carbonyl (C=O) groups excluding carboxylic acids is 1. The fourth-order valence-electron chi connectivity index (χ4n) is 4.10. The first-order chi connectivity index (χ1) is 13.4. The first-order valence-corrected chi connectivity index (χ1v) is 11.4. The molecular formula is C24H34N2OS. The lowest BCUT2D eigenvalue weighted by atomic mass is 9.89. The Labute approximate surface area is 173 Å². The third-order valence-corrected chi connectivity index (χ3v) is 7.16. The second-order valence-corrected chi connectivity index (χ2v) is 9.65. The van der Waals surface area contributed by atoms with Crippen LogP contribution in [0.1, 0.15) is 71.0 Å². The Balaban J connectivity index is 1.43. The largest absolute Gasteiger partial charge is 0.338 e. The number of unbranched alkanes of at least 4 members (excludes halogenated alkanes) is 2. The molecule has 1 atom stereocenters. The Morgan fingerprint density at radius 1 is 1.14 bits per heavy atom. The standard InChI is InChI=1S/C24H34N2OS/c1-18-10-11-22-21(19(18)2)12-15-26(23(22)27)16-14-24(3,25)13-6-4-5-8-20-9-7-17-28-20/h7,9-11,17H,4-6,8,12-16,25H2,1-3H3. The van der Waals surface area contributed by atoms with Crippen LogP contribution in [-0.2, 0) is 12.8 Å². The lowest BCUT2D eigenvalue weighted by Gasteiger charge is -2.33. The molecule has 152 valence electrons. The van der Waals surface area contributed by atoms with E-state index < -0.39 is 0 Å². The smallest absolute Gasteiger partial charge is 0.254 e. The van der Waals surface area contributed by atoms with Gasteiger partial charge in [-0.3, -0.25) is 4.79 Å². The first-order valence-electron chi connectivity index (χ1n) is 10.6. The molecule has 1 aliphatic heterocycles. The van der Waals surface area contributed by atoms with Crippen LogP contribution in [0.5, 0.6) is 0 Å². The molecule has 0 saturated carbocycles. The van der Waals surface area contributed by atoms with Gasteiger partial charge in [0.05, 0.1) is 0 Å². The molecule has 1 aromatic carbocycles. The molecule has 1 aromatic heterocycles. The van der Waals surface area contributed by atoms with E-state index >= 15 is 0 Å². The molecule has 3 nitrogen and oxygen atoms in total. The van der Waals surface area contributed by atoms with Crippen LogP contribution in [0.3, 0.4) is 0 Å². The third kappa shape index (κ3) is 5.24. The van der Waals surface area contributed by atoms with Gasteiger partial charge in [-0.1, -0.05) is 25.0 Å². The number of carbonyl (C=O) groups is 1. The summed E-state index contributed by atoms with van der Waals surface area (Å²) in [5, 5.41) is 2.15. The van der Waals surface area contributed by atoms with E-state index in [1.54, 1.807) is 0 Å². The van der Waals surface area contributed by atoms with Crippen molar-refractivity contribution in [3.63, 3.8) is 0 Å². The van der Waals surface area contributed by atoms with Crippen LogP contribution in [0.15, 0.2) is 29.6 Å². The van der Waals surface area contributed by atoms with E-state index in [1.807, 2.05) is 22.3 Å². The molecule has 0 aliphatic carbocycles. The summed E-state index contributed by atoms with van der Waals surface area (Å²) in [7, 11) is 0. The molecular weight excluding hydrogens is 364 g/mol. The molecule has 0 bridgehead atoms. The molecule has 1 aliphatic rings. The van der Waals surface area contributed by atoms with Crippen molar-refractivity contribution in [3.05, 3.63) is 56.8 Å². The van der Waals surface area contributed by atoms with Gasteiger partial charge in [-0.25, -0.2) is 0 Å². The Bertz CT molecular complexity index is 795. The number of hydrogen-bond donors (Lipinski definition) is 1. The fourth-order valence-corrected chi connectivity index (χ4v) is 4.85. The SMILES string of the molecule is Cc1ccc2c(c1C)CCN(CCC(C)(N)CCCCCc1cccs1)C2=O. The van der Waals surface area contributed by atoms with Gasteiger partial charge >= 0.3 is 0 Å². The number of hydrogen-bond acceptors (Lipinski definition) is 3. The number of nitrogens with zero attached hydrogens (tertiary/aromatic N) is 1. The van der Waals surface area contributed by atoms with Gasteiger partial charge in [-0.05, 0) is 87.1 Å². The predicted octanol–water partition coefficient (Wildman–Crippen LogP) is 5.27. The van der Waals surface area contributed by atoms with Crippen molar-refractivity contribution >= 4 is 17.2 Å². The van der Waals surface area contributed by atoms with Crippen molar-refractivity contribution in [1.82, 2.24) is 4.90 Å². The zero-order valence-corrected chi connectivity index (χ0v) is 18.4. The molecule has 4 heteroatoms. The molecule has 0 fully saturated rings. The van der Waals surface area contributed by atoms with E-state index in [4.69, 9.17) is 5.73 Å². The molecule has 2 heterocycles. The highest BCUT2D eigenvalue weighted by Gasteiger charge is 2.27. The third-order valence-electron chi connectivity index (χ3n) is 6.22. The molecule has 0 saturated heterocycles. The number of benzene rings is 1. The van der Waals surface area contributed by atoms with Gasteiger partial charge in [-0.15, -0.1) is 11.3 Å². The quantitative estimate of drug-likeness (QED) is 0.585. The normalized spacial score (nSPS) is 16.1. The monoisotopic (exact) mass is 398 g/mol. The van der Waals surface area contributed by atoms with Crippen LogP contribution < -0.4 is 5.73 Å². The van der Waals surface area contributed by atoms with Crippen LogP contribution >= 0.6 is 11.3 Å². The van der Waals surface area contributed by atoms with Crippen molar-refractivity contribution in [2.45, 2.75) is 71.3 Å². The Hall–Kier alpha value is -1.65. The van der Waals surface area contributed by atoms with Crippen molar-refractivity contribution in [2.24, 2.45) is 5.73 Å². The van der Waals surface area contributed by atoms with E-state index in [2.05, 4.69) is 44.4 Å². The van der Waals surface area contributed by atoms with Crippen molar-refractivity contribution < 1.29 is 4.79 Å². The molecule has 0 radical (unpaired) electrons. The average Bonchev–Trinajstić information content (AvgIpc) is 3.17. The van der Waals surface area contributed by atoms with Gasteiger partial charge in [0.25, 0.3) is 5.91 Å². The molecule has 0 spiro atoms. The molecule has 3 rings (SSSR count). The maximum atomic E-state index is 12.9. The summed E-state index contributed by atoms with van der Waals surface area (Å²) < 4.78 is 0. The Kier molecular flexibility index (Phi) is 6.95. The lowest BCUT2D eigenvalue weighted by Crippen LogP contribution is -2.44. The van der Waals surface area contributed by atoms with Gasteiger partial charge < -0.3 is 10.6 Å². The van der Waals surface area contributed by atoms with Crippen molar-refractivity contribution in [1.29, 1.82) is 0 Å². The molecule has 1 unspecified atom stereocenters. The summed E-state index contributed by atoms with van der Waals surface area (Å²) in [4.78, 5) is 16.4. The summed E-state index contributed by atoms with van der Waals surface area (Å²) in [5.41, 5.74) is 11.0. The van der Waals surface area contributed by atoms with E-state index in [0.29, 0.717) is 0 Å². The summed E-state index contributed by atoms with van der Waals surface area (Å²) >= 11 is 1.85. The zero-order valence-electron chi connectivity index (χ0n) is 17.6. The summed E-state index contributed by atoms with van der Waals surface area (Å²) in [6, 6.07) is 8.41. The highest BCUT2D eigenvalue weighted by atomic mass is 32.1. The predicted molar refractivity (Wildman–Crippen MR) is 119 cm³/mol. The molecule has 28 heavy (non-hydrogen) atoms. The fraction of sp³-hybridized carbons (Fsp3) is 0.542. The number of fused-ring (bicyclic) bond motifs is 1. The number of thiophene rings is 1. The topological polar surface area (TPSA) is 46.3 Å². The van der Waals surface area contributed by atoms with Crippen LogP contribution in [0.25, 0.3) is 0 Å². The van der Waals surface area contributed by atoms with E-state index in [-0.39, 0.29) is 11.4 Å². The minimum Gasteiger partial charge on any atom is -0.338 e. The van der Waals surface area contributed by atoms with Crippen molar-refractivity contribution in [2.75, 3.05) is 13.1 Å². The number of rotatable bonds is 9. The first kappa shape index (κ1) is 21.1. The van der Waals surface area contributed by atoms with Gasteiger partial charge in [0.15, 0.2) is 0 Å². The van der Waals surface area contributed by atoms with E-state index in [0.717, 1.165) is 44.3 Å². The van der Waals surface area contributed by atoms with Crippen LogP contribution in [-0.4, -0.2) is 29.4 Å². The highest BCUT2D eigenvalue weighted by molar-refractivity contribution is 7.09. The summed E-state index contributed by atoms with van der Waals surface area (Å²) in [6.07, 6.45) is 7.64. The molecule has 2 N–H and O–H groups in total. The van der Waals surface area contributed by atoms with Gasteiger partial charge in [0, 0.05) is 29.1 Å². The van der Waals surface area contributed by atoms with Crippen LogP contribution in [0.4, 0.5) is 0 Å². The minimum atomic E-state index is -0.202. The zero-order chi connectivity index (χ0) is 20.1. The highest BCUT2D eigenvalue weighted by Crippen LogP contribution is 2.26. The molecule has 1 amide bonds. The number of amides is 1. The number of nitrogens with two attached hydrogens (primary N) is 1. The van der Waals surface area contributed by atoms with Crippen molar-refractivity contribution in [3.8, 4) is 0 Å². The van der Waals surface area contributed by atoms with Crippen LogP contribution in [0.2, 0.25) is 0 Å². The van der Waals surface area contributed by atoms with E-state index in [1.165, 1.54) is 40.8 Å². The average molecular weight is 399 g/mol. The maximum absolute atomic E-state index is 12.9. The lowest BCUT2D eigenvalue weighted by molar-refractivity contribution is 0.0726. The minimum absolute atomic E-state index is 0.177. The van der Waals surface area contributed by atoms with Gasteiger partial charge in [0.1, 0.15) is 0 Å². The second-order valence-electron chi connectivity index (χ2n) is 8.62. The molecule has 2 aromatic rings. The number of aryl methyl sites for hydroxylation is 2.